The van der Waals surface area contributed by atoms with Crippen LogP contribution in [0.25, 0.3) is 0 Å². The van der Waals surface area contributed by atoms with E-state index < -0.39 is 5.91 Å². The number of benzene rings is 1. The van der Waals surface area contributed by atoms with Crippen LogP contribution in [0.2, 0.25) is 15.2 Å². The van der Waals surface area contributed by atoms with Gasteiger partial charge in [0.2, 0.25) is 0 Å². The summed E-state index contributed by atoms with van der Waals surface area (Å²) in [6, 6.07) is 6.18. The molecule has 0 atom stereocenters. The van der Waals surface area contributed by atoms with Gasteiger partial charge >= 0.3 is 0 Å². The Morgan fingerprint density at radius 2 is 2.00 bits per heavy atom. The molecule has 7 heteroatoms. The van der Waals surface area contributed by atoms with Crippen molar-refractivity contribution in [1.82, 2.24) is 4.98 Å². The number of carbonyl (C=O) groups is 1. The number of anilines is 2. The van der Waals surface area contributed by atoms with Crippen LogP contribution < -0.4 is 11.1 Å². The van der Waals surface area contributed by atoms with Crippen molar-refractivity contribution in [3.05, 3.63) is 51.2 Å². The zero-order chi connectivity index (χ0) is 14.0. The number of nitrogen functional groups attached to an aromatic ring is 1. The number of amides is 1. The third kappa shape index (κ3) is 3.10. The van der Waals surface area contributed by atoms with Gasteiger partial charge in [0.1, 0.15) is 0 Å². The van der Waals surface area contributed by atoms with Crippen LogP contribution in [0.3, 0.4) is 0 Å². The van der Waals surface area contributed by atoms with Gasteiger partial charge in [0.15, 0.2) is 5.15 Å². The van der Waals surface area contributed by atoms with E-state index in [0.29, 0.717) is 11.4 Å². The summed E-state index contributed by atoms with van der Waals surface area (Å²) in [4.78, 5) is 15.9. The molecule has 1 aromatic heterocycles. The summed E-state index contributed by atoms with van der Waals surface area (Å²) in [6.07, 6.45) is 1.52. The van der Waals surface area contributed by atoms with Crippen molar-refractivity contribution in [2.24, 2.45) is 0 Å². The molecule has 0 radical (unpaired) electrons. The largest absolute Gasteiger partial charge is 0.399 e. The lowest BCUT2D eigenvalue weighted by atomic mass is 10.2. The number of carbonyl (C=O) groups excluding carboxylic acids is 1. The van der Waals surface area contributed by atoms with Crippen LogP contribution >= 0.6 is 34.8 Å². The molecular weight excluding hydrogens is 309 g/mol. The van der Waals surface area contributed by atoms with Crippen LogP contribution in [0.1, 0.15) is 10.4 Å². The molecule has 0 unspecified atom stereocenters. The van der Waals surface area contributed by atoms with Crippen LogP contribution in [-0.4, -0.2) is 10.9 Å². The Bertz CT molecular complexity index is 646. The Morgan fingerprint density at radius 3 is 2.68 bits per heavy atom. The van der Waals surface area contributed by atoms with Crippen molar-refractivity contribution in [2.75, 3.05) is 11.1 Å². The summed E-state index contributed by atoms with van der Waals surface area (Å²) in [5.74, 6) is -0.464. The number of pyridine rings is 1. The molecule has 0 aliphatic heterocycles. The average Bonchev–Trinajstić information content (AvgIpc) is 2.36. The van der Waals surface area contributed by atoms with E-state index in [9.17, 15) is 4.79 Å². The van der Waals surface area contributed by atoms with Gasteiger partial charge in [-0.1, -0.05) is 34.8 Å². The summed E-state index contributed by atoms with van der Waals surface area (Å²) >= 11 is 17.7. The van der Waals surface area contributed by atoms with E-state index in [4.69, 9.17) is 40.5 Å². The molecule has 1 aromatic carbocycles. The van der Waals surface area contributed by atoms with E-state index in [-0.39, 0.29) is 20.8 Å². The summed E-state index contributed by atoms with van der Waals surface area (Å²) in [7, 11) is 0. The van der Waals surface area contributed by atoms with Gasteiger partial charge < -0.3 is 11.1 Å². The van der Waals surface area contributed by atoms with Crippen LogP contribution in [0.15, 0.2) is 30.5 Å². The van der Waals surface area contributed by atoms with E-state index in [0.717, 1.165) is 0 Å². The van der Waals surface area contributed by atoms with Gasteiger partial charge in [0.05, 0.1) is 21.3 Å². The first-order chi connectivity index (χ1) is 8.99. The van der Waals surface area contributed by atoms with E-state index in [1.807, 2.05) is 0 Å². The molecule has 98 valence electrons. The highest BCUT2D eigenvalue weighted by atomic mass is 35.5. The first-order valence-corrected chi connectivity index (χ1v) is 6.29. The van der Waals surface area contributed by atoms with Crippen molar-refractivity contribution >= 4 is 52.1 Å². The average molecular weight is 317 g/mol. The smallest absolute Gasteiger partial charge is 0.257 e. The SMILES string of the molecule is Nc1cc(Cl)c(Cl)c(C(=O)Nc2cccnc2Cl)c1. The summed E-state index contributed by atoms with van der Waals surface area (Å²) in [5.41, 5.74) is 6.52. The predicted molar refractivity (Wildman–Crippen MR) is 78.1 cm³/mol. The van der Waals surface area contributed by atoms with Gasteiger partial charge in [-0.25, -0.2) is 4.98 Å². The van der Waals surface area contributed by atoms with Gasteiger partial charge in [-0.15, -0.1) is 0 Å². The molecule has 0 spiro atoms. The summed E-state index contributed by atoms with van der Waals surface area (Å²) in [6.45, 7) is 0. The molecule has 19 heavy (non-hydrogen) atoms. The van der Waals surface area contributed by atoms with Crippen molar-refractivity contribution in [3.63, 3.8) is 0 Å². The third-order valence-corrected chi connectivity index (χ3v) is 3.41. The quantitative estimate of drug-likeness (QED) is 0.652. The van der Waals surface area contributed by atoms with Gasteiger partial charge in [0.25, 0.3) is 5.91 Å². The summed E-state index contributed by atoms with van der Waals surface area (Å²) < 4.78 is 0. The van der Waals surface area contributed by atoms with Crippen molar-refractivity contribution < 1.29 is 4.79 Å². The second-order valence-electron chi connectivity index (χ2n) is 3.66. The lowest BCUT2D eigenvalue weighted by molar-refractivity contribution is 0.102. The number of nitrogens with two attached hydrogens (primary N) is 1. The van der Waals surface area contributed by atoms with Crippen LogP contribution in [0.4, 0.5) is 11.4 Å². The molecule has 0 bridgehead atoms. The van der Waals surface area contributed by atoms with Gasteiger partial charge in [-0.05, 0) is 24.3 Å². The molecule has 1 heterocycles. The molecule has 2 aromatic rings. The van der Waals surface area contributed by atoms with E-state index in [1.54, 1.807) is 12.1 Å². The van der Waals surface area contributed by atoms with Crippen LogP contribution in [0, 0.1) is 0 Å². The normalized spacial score (nSPS) is 10.3. The summed E-state index contributed by atoms with van der Waals surface area (Å²) in [5, 5.41) is 3.12. The minimum absolute atomic E-state index is 0.133. The molecule has 1 amide bonds. The second kappa shape index (κ2) is 5.65. The monoisotopic (exact) mass is 315 g/mol. The fourth-order valence-electron chi connectivity index (χ4n) is 1.44. The molecule has 2 rings (SSSR count). The first kappa shape index (κ1) is 13.9. The lowest BCUT2D eigenvalue weighted by Gasteiger charge is -2.09. The topological polar surface area (TPSA) is 68.0 Å². The molecule has 4 nitrogen and oxygen atoms in total. The van der Waals surface area contributed by atoms with E-state index in [1.165, 1.54) is 18.3 Å². The second-order valence-corrected chi connectivity index (χ2v) is 4.80. The maximum atomic E-state index is 12.1. The number of halogens is 3. The van der Waals surface area contributed by atoms with Crippen molar-refractivity contribution in [3.8, 4) is 0 Å². The predicted octanol–water partition coefficient (Wildman–Crippen LogP) is 3.88. The van der Waals surface area contributed by atoms with Crippen molar-refractivity contribution in [1.29, 1.82) is 0 Å². The highest BCUT2D eigenvalue weighted by molar-refractivity contribution is 6.44. The number of hydrogen-bond donors (Lipinski definition) is 2. The number of rotatable bonds is 2. The standard InChI is InChI=1S/C12H8Cl3N3O/c13-8-5-6(16)4-7(10(8)14)12(19)18-9-2-1-3-17-11(9)15/h1-5H,16H2,(H,18,19). The molecule has 3 N–H and O–H groups in total. The number of nitrogens with zero attached hydrogens (tertiary/aromatic N) is 1. The minimum Gasteiger partial charge on any atom is -0.399 e. The number of nitrogens with one attached hydrogen (secondary N) is 1. The Hall–Kier alpha value is -1.49. The van der Waals surface area contributed by atoms with E-state index >= 15 is 0 Å². The van der Waals surface area contributed by atoms with Gasteiger partial charge in [-0.2, -0.15) is 0 Å². The Balaban J connectivity index is 2.33. The fraction of sp³-hybridized carbons (Fsp3) is 0. The van der Waals surface area contributed by atoms with Gasteiger partial charge in [-0.3, -0.25) is 4.79 Å². The number of hydrogen-bond acceptors (Lipinski definition) is 3. The van der Waals surface area contributed by atoms with Gasteiger partial charge in [0, 0.05) is 11.9 Å². The van der Waals surface area contributed by atoms with Crippen molar-refractivity contribution in [2.45, 2.75) is 0 Å². The Kier molecular flexibility index (Phi) is 4.14. The van der Waals surface area contributed by atoms with E-state index in [2.05, 4.69) is 10.3 Å². The molecule has 0 saturated heterocycles. The third-order valence-electron chi connectivity index (χ3n) is 2.30. The zero-order valence-corrected chi connectivity index (χ0v) is 11.7. The maximum absolute atomic E-state index is 12.1. The maximum Gasteiger partial charge on any atom is 0.257 e. The minimum atomic E-state index is -0.464. The van der Waals surface area contributed by atoms with Crippen LogP contribution in [-0.2, 0) is 0 Å². The first-order valence-electron chi connectivity index (χ1n) is 5.15. The molecular formula is C12H8Cl3N3O. The highest BCUT2D eigenvalue weighted by Crippen LogP contribution is 2.29. The van der Waals surface area contributed by atoms with Crippen LogP contribution in [0.5, 0.6) is 0 Å². The molecule has 0 fully saturated rings. The molecule has 0 saturated carbocycles. The fourth-order valence-corrected chi connectivity index (χ4v) is 2.03. The Labute approximate surface area is 124 Å². The molecule has 0 aliphatic rings. The highest BCUT2D eigenvalue weighted by Gasteiger charge is 2.15. The number of aromatic nitrogens is 1. The zero-order valence-electron chi connectivity index (χ0n) is 9.45. The lowest BCUT2D eigenvalue weighted by Crippen LogP contribution is -2.13. The molecule has 0 aliphatic carbocycles. The Morgan fingerprint density at radius 1 is 1.26 bits per heavy atom.